The minimum Gasteiger partial charge on any atom is -0.494 e. The molecule has 0 aliphatic heterocycles. The maximum absolute atomic E-state index is 13.4. The zero-order chi connectivity index (χ0) is 23.7. The zero-order valence-corrected chi connectivity index (χ0v) is 19.7. The van der Waals surface area contributed by atoms with Gasteiger partial charge in [0.15, 0.2) is 0 Å². The number of likely N-dealkylation sites (N-methyl/N-ethyl adjacent to an activating group) is 1. The zero-order valence-electron chi connectivity index (χ0n) is 18.8. The van der Waals surface area contributed by atoms with E-state index in [1.54, 1.807) is 42.5 Å². The predicted octanol–water partition coefficient (Wildman–Crippen LogP) is 3.53. The van der Waals surface area contributed by atoms with E-state index in [0.717, 1.165) is 9.99 Å². The normalized spacial score (nSPS) is 11.0. The number of para-hydroxylation sites is 2. The standard InChI is InChI=1S/C25H29N3O4S/c1-3-32-23-14-16-24(17-15-23)33(30,31)28(22-12-8-5-9-13-22)20-25(29)26-18-19-27(2)21-10-6-4-7-11-21/h4-17H,3,18-20H2,1-2H3,(H,26,29). The van der Waals surface area contributed by atoms with Gasteiger partial charge in [0.2, 0.25) is 5.91 Å². The third-order valence-corrected chi connectivity index (χ3v) is 6.81. The number of amides is 1. The summed E-state index contributed by atoms with van der Waals surface area (Å²) in [6, 6.07) is 24.6. The van der Waals surface area contributed by atoms with Crippen LogP contribution in [-0.2, 0) is 14.8 Å². The van der Waals surface area contributed by atoms with E-state index in [4.69, 9.17) is 4.74 Å². The second-order valence-corrected chi connectivity index (χ2v) is 9.22. The summed E-state index contributed by atoms with van der Waals surface area (Å²) in [6.45, 7) is 3.00. The van der Waals surface area contributed by atoms with E-state index in [1.807, 2.05) is 49.2 Å². The first-order valence-corrected chi connectivity index (χ1v) is 12.2. The average molecular weight is 468 g/mol. The van der Waals surface area contributed by atoms with Gasteiger partial charge in [0.25, 0.3) is 10.0 Å². The number of rotatable bonds is 11. The first-order valence-electron chi connectivity index (χ1n) is 10.8. The molecule has 0 aliphatic carbocycles. The number of ether oxygens (including phenoxy) is 1. The number of benzene rings is 3. The highest BCUT2D eigenvalue weighted by molar-refractivity contribution is 7.92. The van der Waals surface area contributed by atoms with Crippen LogP contribution >= 0.6 is 0 Å². The molecule has 0 saturated heterocycles. The van der Waals surface area contributed by atoms with E-state index in [0.29, 0.717) is 31.1 Å². The quantitative estimate of drug-likeness (QED) is 0.467. The monoisotopic (exact) mass is 467 g/mol. The van der Waals surface area contributed by atoms with Crippen molar-refractivity contribution in [1.82, 2.24) is 5.32 Å². The van der Waals surface area contributed by atoms with Gasteiger partial charge < -0.3 is 15.0 Å². The van der Waals surface area contributed by atoms with E-state index in [9.17, 15) is 13.2 Å². The van der Waals surface area contributed by atoms with E-state index in [1.165, 1.54) is 12.1 Å². The van der Waals surface area contributed by atoms with Crippen LogP contribution in [-0.4, -0.2) is 47.6 Å². The van der Waals surface area contributed by atoms with Gasteiger partial charge in [0.1, 0.15) is 12.3 Å². The molecule has 33 heavy (non-hydrogen) atoms. The van der Waals surface area contributed by atoms with Gasteiger partial charge in [-0.2, -0.15) is 0 Å². The first-order chi connectivity index (χ1) is 15.9. The summed E-state index contributed by atoms with van der Waals surface area (Å²) >= 11 is 0. The maximum atomic E-state index is 13.4. The molecular formula is C25H29N3O4S. The van der Waals surface area contributed by atoms with Crippen LogP contribution in [0.3, 0.4) is 0 Å². The van der Waals surface area contributed by atoms with Crippen LogP contribution in [0.4, 0.5) is 11.4 Å². The molecule has 1 N–H and O–H groups in total. The smallest absolute Gasteiger partial charge is 0.264 e. The lowest BCUT2D eigenvalue weighted by Gasteiger charge is -2.25. The number of anilines is 2. The number of nitrogens with zero attached hydrogens (tertiary/aromatic N) is 2. The van der Waals surface area contributed by atoms with E-state index in [-0.39, 0.29) is 17.3 Å². The molecule has 0 radical (unpaired) electrons. The van der Waals surface area contributed by atoms with Crippen LogP contribution < -0.4 is 19.3 Å². The highest BCUT2D eigenvalue weighted by Crippen LogP contribution is 2.25. The molecule has 0 heterocycles. The molecule has 0 unspecified atom stereocenters. The Balaban J connectivity index is 1.71. The summed E-state index contributed by atoms with van der Waals surface area (Å²) in [5.41, 5.74) is 1.46. The third-order valence-electron chi connectivity index (χ3n) is 5.02. The van der Waals surface area contributed by atoms with Crippen LogP contribution in [0.2, 0.25) is 0 Å². The molecule has 3 aromatic carbocycles. The molecule has 0 saturated carbocycles. The van der Waals surface area contributed by atoms with Crippen LogP contribution in [0.5, 0.6) is 5.75 Å². The second kappa shape index (κ2) is 11.4. The number of sulfonamides is 1. The van der Waals surface area contributed by atoms with Gasteiger partial charge in [-0.15, -0.1) is 0 Å². The molecule has 1 amide bonds. The summed E-state index contributed by atoms with van der Waals surface area (Å²) in [5, 5.41) is 2.83. The molecule has 0 fully saturated rings. The van der Waals surface area contributed by atoms with E-state index in [2.05, 4.69) is 5.32 Å². The first kappa shape index (κ1) is 24.1. The van der Waals surface area contributed by atoms with Crippen molar-refractivity contribution in [1.29, 1.82) is 0 Å². The Morgan fingerprint density at radius 1 is 0.879 bits per heavy atom. The Hall–Kier alpha value is -3.52. The predicted molar refractivity (Wildman–Crippen MR) is 131 cm³/mol. The largest absolute Gasteiger partial charge is 0.494 e. The van der Waals surface area contributed by atoms with Crippen molar-refractivity contribution in [2.24, 2.45) is 0 Å². The van der Waals surface area contributed by atoms with Crippen molar-refractivity contribution in [3.05, 3.63) is 84.9 Å². The van der Waals surface area contributed by atoms with Crippen LogP contribution in [0.25, 0.3) is 0 Å². The van der Waals surface area contributed by atoms with Crippen molar-refractivity contribution in [2.75, 3.05) is 42.5 Å². The minimum atomic E-state index is -3.96. The Morgan fingerprint density at radius 2 is 1.45 bits per heavy atom. The summed E-state index contributed by atoms with van der Waals surface area (Å²) in [6.07, 6.45) is 0. The molecule has 8 heteroatoms. The summed E-state index contributed by atoms with van der Waals surface area (Å²) in [7, 11) is -2.02. The molecule has 0 bridgehead atoms. The fourth-order valence-electron chi connectivity index (χ4n) is 3.27. The Bertz CT molecular complexity index is 1120. The average Bonchev–Trinajstić information content (AvgIpc) is 2.84. The lowest BCUT2D eigenvalue weighted by Crippen LogP contribution is -2.42. The van der Waals surface area contributed by atoms with Gasteiger partial charge in [0, 0.05) is 25.8 Å². The molecule has 0 spiro atoms. The SMILES string of the molecule is CCOc1ccc(S(=O)(=O)N(CC(=O)NCCN(C)c2ccccc2)c2ccccc2)cc1. The number of carbonyl (C=O) groups is 1. The van der Waals surface area contributed by atoms with Gasteiger partial charge in [-0.25, -0.2) is 8.42 Å². The fourth-order valence-corrected chi connectivity index (χ4v) is 4.69. The van der Waals surface area contributed by atoms with Gasteiger partial charge in [0.05, 0.1) is 17.2 Å². The van der Waals surface area contributed by atoms with Gasteiger partial charge in [-0.05, 0) is 55.5 Å². The molecular weight excluding hydrogens is 438 g/mol. The number of hydrogen-bond donors (Lipinski definition) is 1. The Morgan fingerprint density at radius 3 is 2.03 bits per heavy atom. The van der Waals surface area contributed by atoms with Crippen molar-refractivity contribution in [3.8, 4) is 5.75 Å². The number of hydrogen-bond acceptors (Lipinski definition) is 5. The fraction of sp³-hybridized carbons (Fsp3) is 0.240. The van der Waals surface area contributed by atoms with Crippen LogP contribution in [0.15, 0.2) is 89.8 Å². The Labute approximate surface area is 195 Å². The summed E-state index contributed by atoms with van der Waals surface area (Å²) < 4.78 is 33.3. The minimum absolute atomic E-state index is 0.0893. The van der Waals surface area contributed by atoms with Crippen molar-refractivity contribution in [2.45, 2.75) is 11.8 Å². The molecule has 3 aromatic rings. The lowest BCUT2D eigenvalue weighted by molar-refractivity contribution is -0.119. The molecule has 0 atom stereocenters. The lowest BCUT2D eigenvalue weighted by atomic mass is 10.3. The molecule has 0 aliphatic rings. The van der Waals surface area contributed by atoms with Gasteiger partial charge in [-0.3, -0.25) is 9.10 Å². The van der Waals surface area contributed by atoms with Crippen molar-refractivity contribution >= 4 is 27.3 Å². The highest BCUT2D eigenvalue weighted by atomic mass is 32.2. The topological polar surface area (TPSA) is 79.0 Å². The molecule has 3 rings (SSSR count). The van der Waals surface area contributed by atoms with Crippen molar-refractivity contribution < 1.29 is 17.9 Å². The van der Waals surface area contributed by atoms with Crippen LogP contribution in [0, 0.1) is 0 Å². The summed E-state index contributed by atoms with van der Waals surface area (Å²) in [5.74, 6) is 0.206. The van der Waals surface area contributed by atoms with Gasteiger partial charge >= 0.3 is 0 Å². The second-order valence-electron chi connectivity index (χ2n) is 7.36. The highest BCUT2D eigenvalue weighted by Gasteiger charge is 2.27. The number of nitrogens with one attached hydrogen (secondary N) is 1. The van der Waals surface area contributed by atoms with Crippen molar-refractivity contribution in [3.63, 3.8) is 0 Å². The van der Waals surface area contributed by atoms with E-state index >= 15 is 0 Å². The van der Waals surface area contributed by atoms with Gasteiger partial charge in [-0.1, -0.05) is 36.4 Å². The third kappa shape index (κ3) is 6.49. The molecule has 0 aromatic heterocycles. The number of carbonyl (C=O) groups excluding carboxylic acids is 1. The molecule has 174 valence electrons. The molecule has 7 nitrogen and oxygen atoms in total. The van der Waals surface area contributed by atoms with Crippen LogP contribution in [0.1, 0.15) is 6.92 Å². The van der Waals surface area contributed by atoms with E-state index < -0.39 is 10.0 Å². The Kier molecular flexibility index (Phi) is 8.32. The maximum Gasteiger partial charge on any atom is 0.264 e. The summed E-state index contributed by atoms with van der Waals surface area (Å²) in [4.78, 5) is 14.8.